The highest BCUT2D eigenvalue weighted by atomic mass is 32.2. The zero-order valence-corrected chi connectivity index (χ0v) is 8.82. The molecule has 78 valence electrons. The van der Waals surface area contributed by atoms with Gasteiger partial charge in [-0.15, -0.1) is 0 Å². The molecule has 0 saturated heterocycles. The van der Waals surface area contributed by atoms with Gasteiger partial charge in [-0.1, -0.05) is 11.8 Å². The van der Waals surface area contributed by atoms with E-state index < -0.39 is 0 Å². The molecule has 6 nitrogen and oxygen atoms in total. The van der Waals surface area contributed by atoms with Gasteiger partial charge in [0.15, 0.2) is 22.1 Å². The van der Waals surface area contributed by atoms with Gasteiger partial charge in [-0.05, 0) is 6.26 Å². The minimum Gasteiger partial charge on any atom is -0.390 e. The lowest BCUT2D eigenvalue weighted by Gasteiger charge is -2.02. The maximum absolute atomic E-state index is 8.90. The Hall–Kier alpha value is -1.47. The Morgan fingerprint density at radius 2 is 2.20 bits per heavy atom. The number of nitrogen functional groups attached to an aromatic ring is 1. The Labute approximate surface area is 90.0 Å². The van der Waals surface area contributed by atoms with Gasteiger partial charge in [0.2, 0.25) is 0 Å². The summed E-state index contributed by atoms with van der Waals surface area (Å²) in [6.45, 7) is -0.174. The normalized spacial score (nSPS) is 10.8. The zero-order valence-electron chi connectivity index (χ0n) is 8.01. The van der Waals surface area contributed by atoms with Gasteiger partial charge in [-0.2, -0.15) is 0 Å². The Kier molecular flexibility index (Phi) is 2.65. The van der Waals surface area contributed by atoms with Gasteiger partial charge in [0.05, 0.1) is 18.5 Å². The molecule has 2 rings (SSSR count). The van der Waals surface area contributed by atoms with E-state index in [1.807, 2.05) is 6.26 Å². The minimum atomic E-state index is -0.174. The van der Waals surface area contributed by atoms with Gasteiger partial charge in [-0.25, -0.2) is 19.9 Å². The SMILES string of the molecule is CSc1nc(N)c2nc(CO)cnc2n1. The van der Waals surface area contributed by atoms with Crippen LogP contribution in [-0.2, 0) is 6.61 Å². The van der Waals surface area contributed by atoms with Crippen molar-refractivity contribution in [2.24, 2.45) is 0 Å². The largest absolute Gasteiger partial charge is 0.390 e. The number of rotatable bonds is 2. The van der Waals surface area contributed by atoms with Crippen LogP contribution in [0.3, 0.4) is 0 Å². The predicted octanol–water partition coefficient (Wildman–Crippen LogP) is 0.216. The van der Waals surface area contributed by atoms with Crippen LogP contribution < -0.4 is 5.73 Å². The number of aliphatic hydroxyl groups is 1. The summed E-state index contributed by atoms with van der Waals surface area (Å²) < 4.78 is 0. The fraction of sp³-hybridized carbons (Fsp3) is 0.250. The van der Waals surface area contributed by atoms with E-state index in [0.717, 1.165) is 0 Å². The number of hydrogen-bond donors (Lipinski definition) is 2. The lowest BCUT2D eigenvalue weighted by Crippen LogP contribution is -2.02. The van der Waals surface area contributed by atoms with Gasteiger partial charge in [0, 0.05) is 0 Å². The van der Waals surface area contributed by atoms with Crippen molar-refractivity contribution >= 4 is 28.7 Å². The minimum absolute atomic E-state index is 0.174. The first-order valence-corrected chi connectivity index (χ1v) is 5.41. The zero-order chi connectivity index (χ0) is 10.8. The molecule has 7 heteroatoms. The molecule has 0 aliphatic heterocycles. The third-order valence-electron chi connectivity index (χ3n) is 1.81. The molecule has 3 N–H and O–H groups in total. The number of nitrogens with zero attached hydrogens (tertiary/aromatic N) is 4. The Balaban J connectivity index is 2.68. The lowest BCUT2D eigenvalue weighted by molar-refractivity contribution is 0.277. The molecule has 15 heavy (non-hydrogen) atoms. The number of aliphatic hydroxyl groups excluding tert-OH is 1. The molecule has 0 aromatic carbocycles. The van der Waals surface area contributed by atoms with Gasteiger partial charge in [0.25, 0.3) is 0 Å². The highest BCUT2D eigenvalue weighted by molar-refractivity contribution is 7.98. The van der Waals surface area contributed by atoms with E-state index in [1.54, 1.807) is 0 Å². The summed E-state index contributed by atoms with van der Waals surface area (Å²) in [5.74, 6) is 0.284. The molecule has 2 heterocycles. The van der Waals surface area contributed by atoms with Crippen LogP contribution in [0.4, 0.5) is 5.82 Å². The van der Waals surface area contributed by atoms with E-state index in [9.17, 15) is 0 Å². The maximum Gasteiger partial charge on any atom is 0.191 e. The van der Waals surface area contributed by atoms with E-state index in [0.29, 0.717) is 22.0 Å². The van der Waals surface area contributed by atoms with Crippen molar-refractivity contribution in [1.29, 1.82) is 0 Å². The molecule has 0 saturated carbocycles. The summed E-state index contributed by atoms with van der Waals surface area (Å²) in [7, 11) is 0. The van der Waals surface area contributed by atoms with Crippen molar-refractivity contribution in [3.8, 4) is 0 Å². The van der Waals surface area contributed by atoms with E-state index in [-0.39, 0.29) is 12.4 Å². The second kappa shape index (κ2) is 3.95. The number of aromatic nitrogens is 4. The average Bonchev–Trinajstić information content (AvgIpc) is 2.28. The van der Waals surface area contributed by atoms with Crippen molar-refractivity contribution < 1.29 is 5.11 Å². The van der Waals surface area contributed by atoms with Crippen molar-refractivity contribution in [2.75, 3.05) is 12.0 Å². The third-order valence-corrected chi connectivity index (χ3v) is 2.36. The van der Waals surface area contributed by atoms with Crippen molar-refractivity contribution in [3.05, 3.63) is 11.9 Å². The predicted molar refractivity (Wildman–Crippen MR) is 57.2 cm³/mol. The lowest BCUT2D eigenvalue weighted by atomic mass is 10.4. The molecule has 0 aliphatic carbocycles. The summed E-state index contributed by atoms with van der Waals surface area (Å²) in [6.07, 6.45) is 3.33. The van der Waals surface area contributed by atoms with E-state index in [4.69, 9.17) is 10.8 Å². The molecular weight excluding hydrogens is 214 g/mol. The number of thioether (sulfide) groups is 1. The molecular formula is C8H9N5OS. The molecule has 0 fully saturated rings. The van der Waals surface area contributed by atoms with Crippen LogP contribution in [0, 0.1) is 0 Å². The van der Waals surface area contributed by atoms with Crippen molar-refractivity contribution in [2.45, 2.75) is 11.8 Å². The highest BCUT2D eigenvalue weighted by Gasteiger charge is 2.07. The molecule has 2 aromatic rings. The standard InChI is InChI=1S/C8H9N5OS/c1-15-8-12-6(9)5-7(13-8)10-2-4(3-14)11-5/h2,14H,3H2,1H3,(H2,9,10,12,13). The second-order valence-corrected chi connectivity index (χ2v) is 3.56. The third kappa shape index (κ3) is 1.83. The maximum atomic E-state index is 8.90. The molecule has 0 atom stereocenters. The van der Waals surface area contributed by atoms with E-state index in [1.165, 1.54) is 18.0 Å². The van der Waals surface area contributed by atoms with Crippen LogP contribution in [0.2, 0.25) is 0 Å². The van der Waals surface area contributed by atoms with Crippen LogP contribution >= 0.6 is 11.8 Å². The summed E-state index contributed by atoms with van der Waals surface area (Å²) >= 11 is 1.39. The first-order valence-electron chi connectivity index (χ1n) is 4.18. The Morgan fingerprint density at radius 1 is 1.40 bits per heavy atom. The van der Waals surface area contributed by atoms with Crippen LogP contribution in [0.25, 0.3) is 11.2 Å². The van der Waals surface area contributed by atoms with E-state index in [2.05, 4.69) is 19.9 Å². The molecule has 0 aliphatic rings. The molecule has 0 amide bonds. The molecule has 0 unspecified atom stereocenters. The highest BCUT2D eigenvalue weighted by Crippen LogP contribution is 2.17. The van der Waals surface area contributed by atoms with E-state index >= 15 is 0 Å². The summed E-state index contributed by atoms with van der Waals surface area (Å²) in [6, 6.07) is 0. The quantitative estimate of drug-likeness (QED) is 0.555. The average molecular weight is 223 g/mol. The Morgan fingerprint density at radius 3 is 2.87 bits per heavy atom. The summed E-state index contributed by atoms with van der Waals surface area (Å²) in [5, 5.41) is 9.46. The first kappa shape index (κ1) is 10.1. The monoisotopic (exact) mass is 223 g/mol. The number of hydrogen-bond acceptors (Lipinski definition) is 7. The van der Waals surface area contributed by atoms with Crippen LogP contribution in [-0.4, -0.2) is 31.3 Å². The van der Waals surface area contributed by atoms with Gasteiger partial charge in [-0.3, -0.25) is 0 Å². The fourth-order valence-corrected chi connectivity index (χ4v) is 1.48. The summed E-state index contributed by atoms with van der Waals surface area (Å²) in [5.41, 5.74) is 7.04. The fourth-order valence-electron chi connectivity index (χ4n) is 1.11. The van der Waals surface area contributed by atoms with Gasteiger partial charge in [0.1, 0.15) is 0 Å². The van der Waals surface area contributed by atoms with Crippen molar-refractivity contribution in [1.82, 2.24) is 19.9 Å². The number of nitrogens with two attached hydrogens (primary N) is 1. The molecule has 2 aromatic heterocycles. The second-order valence-electron chi connectivity index (χ2n) is 2.79. The van der Waals surface area contributed by atoms with Gasteiger partial charge < -0.3 is 10.8 Å². The van der Waals surface area contributed by atoms with Crippen LogP contribution in [0.1, 0.15) is 5.69 Å². The molecule has 0 radical (unpaired) electrons. The Bertz CT molecular complexity index is 504. The summed E-state index contributed by atoms with van der Waals surface area (Å²) in [4.78, 5) is 16.3. The number of fused-ring (bicyclic) bond motifs is 1. The van der Waals surface area contributed by atoms with Crippen molar-refractivity contribution in [3.63, 3.8) is 0 Å². The van der Waals surface area contributed by atoms with Crippen LogP contribution in [0.5, 0.6) is 0 Å². The molecule has 0 bridgehead atoms. The van der Waals surface area contributed by atoms with Gasteiger partial charge >= 0.3 is 0 Å². The number of anilines is 1. The smallest absolute Gasteiger partial charge is 0.191 e. The van der Waals surface area contributed by atoms with Crippen LogP contribution in [0.15, 0.2) is 11.4 Å². The first-order chi connectivity index (χ1) is 7.24. The topological polar surface area (TPSA) is 97.8 Å². The molecule has 0 spiro atoms.